The summed E-state index contributed by atoms with van der Waals surface area (Å²) in [4.78, 5) is 0. The minimum Gasteiger partial charge on any atom is -0.496 e. The standard InChI is InChI=1S/C15H19NO2/c1-11-4-5-14(15(8-11)17-3)12(2)16-9-13-6-7-18-10-13/h4-8,10,12,16H,9H2,1-3H3. The van der Waals surface area contributed by atoms with Gasteiger partial charge in [-0.25, -0.2) is 0 Å². The number of benzene rings is 1. The lowest BCUT2D eigenvalue weighted by Crippen LogP contribution is -2.18. The van der Waals surface area contributed by atoms with Crippen molar-refractivity contribution in [2.75, 3.05) is 7.11 Å². The second-order valence-electron chi connectivity index (χ2n) is 4.48. The lowest BCUT2D eigenvalue weighted by molar-refractivity contribution is 0.401. The molecule has 0 spiro atoms. The van der Waals surface area contributed by atoms with Crippen LogP contribution in [0.2, 0.25) is 0 Å². The number of hydrogen-bond acceptors (Lipinski definition) is 3. The number of nitrogens with one attached hydrogen (secondary N) is 1. The molecule has 2 rings (SSSR count). The Morgan fingerprint density at radius 2 is 2.17 bits per heavy atom. The Hall–Kier alpha value is -1.74. The normalized spacial score (nSPS) is 12.4. The maximum atomic E-state index is 5.43. The predicted octanol–water partition coefficient (Wildman–Crippen LogP) is 3.45. The Morgan fingerprint density at radius 3 is 2.83 bits per heavy atom. The van der Waals surface area contributed by atoms with Gasteiger partial charge < -0.3 is 14.5 Å². The molecule has 2 aromatic rings. The number of ether oxygens (including phenoxy) is 1. The van der Waals surface area contributed by atoms with Gasteiger partial charge >= 0.3 is 0 Å². The van der Waals surface area contributed by atoms with E-state index in [-0.39, 0.29) is 6.04 Å². The lowest BCUT2D eigenvalue weighted by atomic mass is 10.0. The summed E-state index contributed by atoms with van der Waals surface area (Å²) in [7, 11) is 1.71. The van der Waals surface area contributed by atoms with Crippen molar-refractivity contribution in [2.45, 2.75) is 26.4 Å². The summed E-state index contributed by atoms with van der Waals surface area (Å²) in [6, 6.07) is 8.47. The Balaban J connectivity index is 2.06. The largest absolute Gasteiger partial charge is 0.496 e. The van der Waals surface area contributed by atoms with Crippen LogP contribution >= 0.6 is 0 Å². The minimum absolute atomic E-state index is 0.232. The van der Waals surface area contributed by atoms with Gasteiger partial charge in [0.15, 0.2) is 0 Å². The van der Waals surface area contributed by atoms with E-state index in [1.54, 1.807) is 19.6 Å². The van der Waals surface area contributed by atoms with Gasteiger partial charge in [-0.15, -0.1) is 0 Å². The van der Waals surface area contributed by atoms with Crippen molar-refractivity contribution in [3.63, 3.8) is 0 Å². The SMILES string of the molecule is COc1cc(C)ccc1C(C)NCc1ccoc1. The highest BCUT2D eigenvalue weighted by Gasteiger charge is 2.11. The average molecular weight is 245 g/mol. The highest BCUT2D eigenvalue weighted by Crippen LogP contribution is 2.26. The van der Waals surface area contributed by atoms with Crippen molar-refractivity contribution < 1.29 is 9.15 Å². The molecule has 1 aromatic heterocycles. The molecule has 18 heavy (non-hydrogen) atoms. The van der Waals surface area contributed by atoms with Gasteiger partial charge in [-0.05, 0) is 31.5 Å². The van der Waals surface area contributed by atoms with Crippen LogP contribution in [0, 0.1) is 6.92 Å². The van der Waals surface area contributed by atoms with Gasteiger partial charge in [0, 0.05) is 23.7 Å². The average Bonchev–Trinajstić information content (AvgIpc) is 2.88. The molecule has 1 aromatic carbocycles. The van der Waals surface area contributed by atoms with E-state index in [0.29, 0.717) is 0 Å². The quantitative estimate of drug-likeness (QED) is 0.876. The van der Waals surface area contributed by atoms with Gasteiger partial charge in [0.2, 0.25) is 0 Å². The van der Waals surface area contributed by atoms with Gasteiger partial charge in [-0.2, -0.15) is 0 Å². The summed E-state index contributed by atoms with van der Waals surface area (Å²) in [5, 5.41) is 3.46. The van der Waals surface area contributed by atoms with E-state index >= 15 is 0 Å². The monoisotopic (exact) mass is 245 g/mol. The zero-order valence-electron chi connectivity index (χ0n) is 11.1. The molecule has 3 heteroatoms. The molecule has 1 heterocycles. The van der Waals surface area contributed by atoms with Crippen molar-refractivity contribution in [3.8, 4) is 5.75 Å². The van der Waals surface area contributed by atoms with E-state index in [0.717, 1.165) is 17.9 Å². The fourth-order valence-corrected chi connectivity index (χ4v) is 1.95. The Labute approximate surface area is 108 Å². The van der Waals surface area contributed by atoms with E-state index in [2.05, 4.69) is 37.4 Å². The highest BCUT2D eigenvalue weighted by atomic mass is 16.5. The van der Waals surface area contributed by atoms with Crippen LogP contribution in [-0.4, -0.2) is 7.11 Å². The third-order valence-corrected chi connectivity index (χ3v) is 3.05. The van der Waals surface area contributed by atoms with Crippen molar-refractivity contribution in [1.82, 2.24) is 5.32 Å². The van der Waals surface area contributed by atoms with E-state index in [1.165, 1.54) is 11.1 Å². The molecule has 1 unspecified atom stereocenters. The van der Waals surface area contributed by atoms with Gasteiger partial charge in [0.1, 0.15) is 5.75 Å². The third kappa shape index (κ3) is 2.93. The third-order valence-electron chi connectivity index (χ3n) is 3.05. The van der Waals surface area contributed by atoms with E-state index in [4.69, 9.17) is 9.15 Å². The smallest absolute Gasteiger partial charge is 0.123 e. The predicted molar refractivity (Wildman–Crippen MR) is 71.7 cm³/mol. The van der Waals surface area contributed by atoms with Crippen molar-refractivity contribution in [3.05, 3.63) is 53.5 Å². The van der Waals surface area contributed by atoms with Crippen LogP contribution in [0.15, 0.2) is 41.2 Å². The molecular formula is C15H19NO2. The molecule has 0 saturated heterocycles. The summed E-state index contributed by atoms with van der Waals surface area (Å²) in [5.74, 6) is 0.933. The first-order valence-corrected chi connectivity index (χ1v) is 6.09. The van der Waals surface area contributed by atoms with Crippen LogP contribution in [-0.2, 0) is 6.54 Å². The molecule has 0 radical (unpaired) electrons. The second-order valence-corrected chi connectivity index (χ2v) is 4.48. The zero-order chi connectivity index (χ0) is 13.0. The van der Waals surface area contributed by atoms with Gasteiger partial charge in [0.05, 0.1) is 19.6 Å². The van der Waals surface area contributed by atoms with Gasteiger partial charge in [0.25, 0.3) is 0 Å². The molecule has 3 nitrogen and oxygen atoms in total. The Morgan fingerprint density at radius 1 is 1.33 bits per heavy atom. The molecule has 0 bridgehead atoms. The summed E-state index contributed by atoms with van der Waals surface area (Å²) < 4.78 is 10.5. The van der Waals surface area contributed by atoms with E-state index < -0.39 is 0 Å². The Kier molecular flexibility index (Phi) is 4.05. The van der Waals surface area contributed by atoms with Crippen molar-refractivity contribution >= 4 is 0 Å². The van der Waals surface area contributed by atoms with Crippen molar-refractivity contribution in [2.24, 2.45) is 0 Å². The number of rotatable bonds is 5. The summed E-state index contributed by atoms with van der Waals surface area (Å²) in [6.07, 6.45) is 3.44. The first-order chi connectivity index (χ1) is 8.70. The summed E-state index contributed by atoms with van der Waals surface area (Å²) in [6.45, 7) is 4.98. The zero-order valence-corrected chi connectivity index (χ0v) is 11.1. The number of furan rings is 1. The van der Waals surface area contributed by atoms with E-state index in [1.807, 2.05) is 6.07 Å². The van der Waals surface area contributed by atoms with Crippen LogP contribution in [0.25, 0.3) is 0 Å². The maximum absolute atomic E-state index is 5.43. The summed E-state index contributed by atoms with van der Waals surface area (Å²) in [5.41, 5.74) is 3.53. The van der Waals surface area contributed by atoms with Crippen LogP contribution in [0.3, 0.4) is 0 Å². The first kappa shape index (κ1) is 12.7. The number of aryl methyl sites for hydroxylation is 1. The molecule has 0 aliphatic heterocycles. The maximum Gasteiger partial charge on any atom is 0.123 e. The molecule has 0 saturated carbocycles. The first-order valence-electron chi connectivity index (χ1n) is 6.09. The molecule has 0 aliphatic carbocycles. The highest BCUT2D eigenvalue weighted by molar-refractivity contribution is 5.39. The molecule has 96 valence electrons. The number of methoxy groups -OCH3 is 1. The van der Waals surface area contributed by atoms with Gasteiger partial charge in [-0.3, -0.25) is 0 Å². The van der Waals surface area contributed by atoms with Gasteiger partial charge in [-0.1, -0.05) is 12.1 Å². The molecule has 0 fully saturated rings. The Bertz CT molecular complexity index is 491. The van der Waals surface area contributed by atoms with Crippen LogP contribution < -0.4 is 10.1 Å². The molecule has 1 atom stereocenters. The lowest BCUT2D eigenvalue weighted by Gasteiger charge is -2.17. The van der Waals surface area contributed by atoms with E-state index in [9.17, 15) is 0 Å². The van der Waals surface area contributed by atoms with Crippen LogP contribution in [0.1, 0.15) is 29.7 Å². The minimum atomic E-state index is 0.232. The summed E-state index contributed by atoms with van der Waals surface area (Å²) >= 11 is 0. The molecule has 0 aliphatic rings. The molecule has 1 N–H and O–H groups in total. The number of hydrogen-bond donors (Lipinski definition) is 1. The molecule has 0 amide bonds. The topological polar surface area (TPSA) is 34.4 Å². The van der Waals surface area contributed by atoms with Crippen molar-refractivity contribution in [1.29, 1.82) is 0 Å². The fraction of sp³-hybridized carbons (Fsp3) is 0.333. The fourth-order valence-electron chi connectivity index (χ4n) is 1.95. The second kappa shape index (κ2) is 5.74. The molecular weight excluding hydrogens is 226 g/mol. The van der Waals surface area contributed by atoms with Crippen LogP contribution in [0.5, 0.6) is 5.75 Å². The van der Waals surface area contributed by atoms with Crippen LogP contribution in [0.4, 0.5) is 0 Å².